The van der Waals surface area contributed by atoms with E-state index in [4.69, 9.17) is 10.7 Å². The molecule has 0 bridgehead atoms. The van der Waals surface area contributed by atoms with Crippen molar-refractivity contribution >= 4 is 29.9 Å². The third kappa shape index (κ3) is 6.59. The fourth-order valence-electron chi connectivity index (χ4n) is 3.36. The molecule has 0 radical (unpaired) electrons. The van der Waals surface area contributed by atoms with Gasteiger partial charge in [0.1, 0.15) is 0 Å². The van der Waals surface area contributed by atoms with E-state index < -0.39 is 0 Å². The third-order valence-electron chi connectivity index (χ3n) is 4.79. The number of piperidine rings is 1. The number of likely N-dealkylation sites (tertiary alicyclic amines) is 1. The number of benzene rings is 1. The van der Waals surface area contributed by atoms with E-state index in [1.807, 2.05) is 0 Å². The lowest BCUT2D eigenvalue weighted by Gasteiger charge is -2.30. The number of aliphatic imine (C=N–C) groups is 1. The minimum absolute atomic E-state index is 0. The van der Waals surface area contributed by atoms with E-state index in [0.717, 1.165) is 45.1 Å². The summed E-state index contributed by atoms with van der Waals surface area (Å²) in [6.07, 6.45) is 4.82. The first kappa shape index (κ1) is 21.2. The Morgan fingerprint density at radius 1 is 1.12 bits per heavy atom. The molecular weight excluding hydrogens is 411 g/mol. The van der Waals surface area contributed by atoms with Crippen molar-refractivity contribution in [2.45, 2.75) is 45.6 Å². The Bertz CT molecular complexity index is 468. The fraction of sp³-hybridized carbons (Fsp3) is 0.632. The highest BCUT2D eigenvalue weighted by atomic mass is 127. The van der Waals surface area contributed by atoms with E-state index in [-0.39, 0.29) is 24.0 Å². The van der Waals surface area contributed by atoms with E-state index in [0.29, 0.717) is 6.04 Å². The number of rotatable bonds is 7. The van der Waals surface area contributed by atoms with Crippen LogP contribution in [-0.4, -0.2) is 54.5 Å². The van der Waals surface area contributed by atoms with Gasteiger partial charge < -0.3 is 10.6 Å². The molecule has 1 aliphatic heterocycles. The molecule has 1 heterocycles. The Kier molecular flexibility index (Phi) is 10.3. The summed E-state index contributed by atoms with van der Waals surface area (Å²) in [5.41, 5.74) is 7.60. The first-order valence-electron chi connectivity index (χ1n) is 9.07. The van der Waals surface area contributed by atoms with Gasteiger partial charge in [-0.1, -0.05) is 44.2 Å². The number of guanidine groups is 1. The molecular formula is C19H33IN4. The number of likely N-dealkylation sites (N-methyl/N-ethyl adjacent to an activating group) is 1. The van der Waals surface area contributed by atoms with Crippen LogP contribution in [0.15, 0.2) is 35.3 Å². The maximum Gasteiger partial charge on any atom is 0.191 e. The molecule has 24 heavy (non-hydrogen) atoms. The maximum atomic E-state index is 6.23. The van der Waals surface area contributed by atoms with Gasteiger partial charge in [0.05, 0.1) is 6.54 Å². The van der Waals surface area contributed by atoms with Crippen LogP contribution >= 0.6 is 24.0 Å². The number of halogens is 1. The molecule has 0 saturated carbocycles. The SMILES string of the molecule is CCN(CC)C(CN=C(N)N1CCCCC1)Cc1ccccc1.I. The van der Waals surface area contributed by atoms with Gasteiger partial charge in [-0.25, -0.2) is 0 Å². The maximum absolute atomic E-state index is 6.23. The van der Waals surface area contributed by atoms with Crippen LogP contribution in [0, 0.1) is 0 Å². The lowest BCUT2D eigenvalue weighted by Crippen LogP contribution is -2.43. The van der Waals surface area contributed by atoms with Crippen molar-refractivity contribution in [3.63, 3.8) is 0 Å². The van der Waals surface area contributed by atoms with Gasteiger partial charge in [-0.15, -0.1) is 24.0 Å². The summed E-state index contributed by atoms with van der Waals surface area (Å²) in [5, 5.41) is 0. The minimum atomic E-state index is 0. The van der Waals surface area contributed by atoms with Crippen LogP contribution in [0.4, 0.5) is 0 Å². The molecule has 0 spiro atoms. The van der Waals surface area contributed by atoms with Crippen molar-refractivity contribution in [1.82, 2.24) is 9.80 Å². The normalized spacial score (nSPS) is 16.8. The van der Waals surface area contributed by atoms with Crippen molar-refractivity contribution in [3.05, 3.63) is 35.9 Å². The highest BCUT2D eigenvalue weighted by molar-refractivity contribution is 14.0. The molecule has 1 atom stereocenters. The molecule has 4 nitrogen and oxygen atoms in total. The van der Waals surface area contributed by atoms with Crippen molar-refractivity contribution in [2.75, 3.05) is 32.7 Å². The minimum Gasteiger partial charge on any atom is -0.370 e. The lowest BCUT2D eigenvalue weighted by molar-refractivity contribution is 0.219. The average molecular weight is 444 g/mol. The fourth-order valence-corrected chi connectivity index (χ4v) is 3.36. The molecule has 2 N–H and O–H groups in total. The third-order valence-corrected chi connectivity index (χ3v) is 4.79. The summed E-state index contributed by atoms with van der Waals surface area (Å²) in [7, 11) is 0. The molecule has 136 valence electrons. The summed E-state index contributed by atoms with van der Waals surface area (Å²) >= 11 is 0. The first-order chi connectivity index (χ1) is 11.2. The van der Waals surface area contributed by atoms with Gasteiger partial charge in [-0.2, -0.15) is 0 Å². The van der Waals surface area contributed by atoms with Gasteiger partial charge in [0.15, 0.2) is 5.96 Å². The molecule has 1 aliphatic rings. The van der Waals surface area contributed by atoms with Crippen LogP contribution in [0.1, 0.15) is 38.7 Å². The Balaban J connectivity index is 0.00000288. The first-order valence-corrected chi connectivity index (χ1v) is 9.07. The predicted molar refractivity (Wildman–Crippen MR) is 114 cm³/mol. The summed E-state index contributed by atoms with van der Waals surface area (Å²) in [6, 6.07) is 11.1. The van der Waals surface area contributed by atoms with E-state index in [2.05, 4.69) is 54.0 Å². The topological polar surface area (TPSA) is 44.9 Å². The zero-order chi connectivity index (χ0) is 16.5. The van der Waals surface area contributed by atoms with Gasteiger partial charge >= 0.3 is 0 Å². The van der Waals surface area contributed by atoms with E-state index in [1.165, 1.54) is 24.8 Å². The second-order valence-electron chi connectivity index (χ2n) is 6.31. The molecule has 0 aromatic heterocycles. The largest absolute Gasteiger partial charge is 0.370 e. The van der Waals surface area contributed by atoms with E-state index in [1.54, 1.807) is 0 Å². The molecule has 5 heteroatoms. The molecule has 1 aromatic rings. The summed E-state index contributed by atoms with van der Waals surface area (Å²) in [4.78, 5) is 9.47. The molecule has 1 aromatic carbocycles. The number of hydrogen-bond donors (Lipinski definition) is 1. The number of nitrogens with zero attached hydrogens (tertiary/aromatic N) is 3. The lowest BCUT2D eigenvalue weighted by atomic mass is 10.0. The van der Waals surface area contributed by atoms with Gasteiger partial charge in [-0.05, 0) is 44.3 Å². The van der Waals surface area contributed by atoms with Crippen LogP contribution in [0.5, 0.6) is 0 Å². The van der Waals surface area contributed by atoms with Gasteiger partial charge in [0.25, 0.3) is 0 Å². The van der Waals surface area contributed by atoms with E-state index in [9.17, 15) is 0 Å². The standard InChI is InChI=1S/C19H32N4.HI/c1-3-22(4-2)18(15-17-11-7-5-8-12-17)16-21-19(20)23-13-9-6-10-14-23;/h5,7-8,11-12,18H,3-4,6,9-10,13-16H2,1-2H3,(H2,20,21);1H. The smallest absolute Gasteiger partial charge is 0.191 e. The van der Waals surface area contributed by atoms with Crippen LogP contribution in [0.25, 0.3) is 0 Å². The quantitative estimate of drug-likeness (QED) is 0.399. The molecule has 1 saturated heterocycles. The Morgan fingerprint density at radius 2 is 1.75 bits per heavy atom. The summed E-state index contributed by atoms with van der Waals surface area (Å²) in [6.45, 7) is 9.44. The van der Waals surface area contributed by atoms with Gasteiger partial charge in [-0.3, -0.25) is 9.89 Å². The molecule has 0 amide bonds. The van der Waals surface area contributed by atoms with Crippen LogP contribution in [0.2, 0.25) is 0 Å². The second-order valence-corrected chi connectivity index (χ2v) is 6.31. The zero-order valence-electron chi connectivity index (χ0n) is 15.2. The highest BCUT2D eigenvalue weighted by Gasteiger charge is 2.17. The van der Waals surface area contributed by atoms with Crippen molar-refractivity contribution in [3.8, 4) is 0 Å². The molecule has 0 aliphatic carbocycles. The summed E-state index contributed by atoms with van der Waals surface area (Å²) < 4.78 is 0. The van der Waals surface area contributed by atoms with Gasteiger partial charge in [0, 0.05) is 19.1 Å². The average Bonchev–Trinajstić information content (AvgIpc) is 2.62. The number of nitrogens with two attached hydrogens (primary N) is 1. The van der Waals surface area contributed by atoms with Crippen molar-refractivity contribution in [2.24, 2.45) is 10.7 Å². The predicted octanol–water partition coefficient (Wildman–Crippen LogP) is 3.36. The Labute approximate surface area is 164 Å². The Morgan fingerprint density at radius 3 is 2.33 bits per heavy atom. The van der Waals surface area contributed by atoms with Crippen molar-refractivity contribution < 1.29 is 0 Å². The second kappa shape index (κ2) is 11.7. The monoisotopic (exact) mass is 444 g/mol. The van der Waals surface area contributed by atoms with Gasteiger partial charge in [0.2, 0.25) is 0 Å². The van der Waals surface area contributed by atoms with Crippen LogP contribution in [0.3, 0.4) is 0 Å². The number of hydrogen-bond acceptors (Lipinski definition) is 2. The highest BCUT2D eigenvalue weighted by Crippen LogP contribution is 2.11. The van der Waals surface area contributed by atoms with Crippen LogP contribution in [-0.2, 0) is 6.42 Å². The van der Waals surface area contributed by atoms with E-state index >= 15 is 0 Å². The molecule has 1 fully saturated rings. The summed E-state index contributed by atoms with van der Waals surface area (Å²) in [5.74, 6) is 0.731. The zero-order valence-corrected chi connectivity index (χ0v) is 17.5. The molecule has 1 unspecified atom stereocenters. The molecule has 2 rings (SSSR count). The Hall–Kier alpha value is -0.820. The van der Waals surface area contributed by atoms with Crippen LogP contribution < -0.4 is 5.73 Å². The van der Waals surface area contributed by atoms with Crippen molar-refractivity contribution in [1.29, 1.82) is 0 Å².